The number of aryl methyl sites for hydroxylation is 2. The third-order valence-corrected chi connectivity index (χ3v) is 4.53. The third-order valence-electron chi connectivity index (χ3n) is 2.99. The molecule has 2 aromatic heterocycles. The molecule has 0 saturated carbocycles. The Balaban J connectivity index is 1.70. The standard InChI is InChI=1S/C13H13ClN2S/c14-11-4-2-6-15-13(11)16-8-10-7-9-3-1-5-12(9)17-10/h2,4,6-7H,1,3,5,8H2,(H,15,16). The van der Waals surface area contributed by atoms with Crippen LogP contribution in [0.4, 0.5) is 5.82 Å². The topological polar surface area (TPSA) is 24.9 Å². The van der Waals surface area contributed by atoms with Crippen molar-refractivity contribution >= 4 is 28.8 Å². The first-order valence-electron chi connectivity index (χ1n) is 5.78. The molecule has 2 nitrogen and oxygen atoms in total. The van der Waals surface area contributed by atoms with E-state index in [0.29, 0.717) is 5.02 Å². The maximum Gasteiger partial charge on any atom is 0.145 e. The minimum absolute atomic E-state index is 0.677. The minimum Gasteiger partial charge on any atom is -0.364 e. The highest BCUT2D eigenvalue weighted by atomic mass is 35.5. The summed E-state index contributed by atoms with van der Waals surface area (Å²) < 4.78 is 0. The molecular formula is C13H13ClN2S. The van der Waals surface area contributed by atoms with Crippen molar-refractivity contribution in [3.8, 4) is 0 Å². The average Bonchev–Trinajstić information content (AvgIpc) is 2.88. The lowest BCUT2D eigenvalue weighted by molar-refractivity contribution is 0.913. The molecule has 0 fully saturated rings. The zero-order valence-corrected chi connectivity index (χ0v) is 10.9. The molecule has 1 N–H and O–H groups in total. The van der Waals surface area contributed by atoms with Crippen molar-refractivity contribution in [3.63, 3.8) is 0 Å². The van der Waals surface area contributed by atoms with Gasteiger partial charge in [-0.3, -0.25) is 0 Å². The number of rotatable bonds is 3. The lowest BCUT2D eigenvalue weighted by Crippen LogP contribution is -2.00. The van der Waals surface area contributed by atoms with E-state index in [-0.39, 0.29) is 0 Å². The first-order valence-corrected chi connectivity index (χ1v) is 6.97. The Kier molecular flexibility index (Phi) is 3.04. The first-order chi connectivity index (χ1) is 8.33. The van der Waals surface area contributed by atoms with Crippen LogP contribution in [0.15, 0.2) is 24.4 Å². The third kappa shape index (κ3) is 2.31. The second-order valence-electron chi connectivity index (χ2n) is 4.20. The van der Waals surface area contributed by atoms with Crippen LogP contribution >= 0.6 is 22.9 Å². The lowest BCUT2D eigenvalue weighted by Gasteiger charge is -2.05. The number of aromatic nitrogens is 1. The number of hydrogen-bond donors (Lipinski definition) is 1. The van der Waals surface area contributed by atoms with Crippen LogP contribution in [-0.2, 0) is 19.4 Å². The van der Waals surface area contributed by atoms with E-state index in [1.165, 1.54) is 24.1 Å². The zero-order valence-electron chi connectivity index (χ0n) is 9.37. The van der Waals surface area contributed by atoms with Gasteiger partial charge >= 0.3 is 0 Å². The van der Waals surface area contributed by atoms with Crippen LogP contribution < -0.4 is 5.32 Å². The maximum absolute atomic E-state index is 6.04. The molecule has 0 atom stereocenters. The number of anilines is 1. The van der Waals surface area contributed by atoms with Crippen molar-refractivity contribution in [1.29, 1.82) is 0 Å². The van der Waals surface area contributed by atoms with Crippen molar-refractivity contribution in [2.45, 2.75) is 25.8 Å². The van der Waals surface area contributed by atoms with Gasteiger partial charge in [0.05, 0.1) is 11.6 Å². The fraction of sp³-hybridized carbons (Fsp3) is 0.308. The molecule has 0 aliphatic heterocycles. The number of pyridine rings is 1. The van der Waals surface area contributed by atoms with Crippen molar-refractivity contribution < 1.29 is 0 Å². The SMILES string of the molecule is Clc1cccnc1NCc1cc2c(s1)CCC2. The Morgan fingerprint density at radius 2 is 2.35 bits per heavy atom. The van der Waals surface area contributed by atoms with Crippen molar-refractivity contribution in [1.82, 2.24) is 4.98 Å². The summed E-state index contributed by atoms with van der Waals surface area (Å²) in [5.74, 6) is 0.766. The lowest BCUT2D eigenvalue weighted by atomic mass is 10.2. The van der Waals surface area contributed by atoms with Crippen LogP contribution in [0.5, 0.6) is 0 Å². The molecule has 0 amide bonds. The first kappa shape index (κ1) is 11.1. The van der Waals surface area contributed by atoms with E-state index in [2.05, 4.69) is 16.4 Å². The van der Waals surface area contributed by atoms with Gasteiger partial charge in [-0.2, -0.15) is 0 Å². The molecule has 0 spiro atoms. The monoisotopic (exact) mass is 264 g/mol. The highest BCUT2D eigenvalue weighted by Crippen LogP contribution is 2.31. The van der Waals surface area contributed by atoms with Crippen LogP contribution in [0, 0.1) is 0 Å². The maximum atomic E-state index is 6.04. The highest BCUT2D eigenvalue weighted by Gasteiger charge is 2.14. The van der Waals surface area contributed by atoms with Gasteiger partial charge in [0.1, 0.15) is 5.82 Å². The quantitative estimate of drug-likeness (QED) is 0.910. The predicted octanol–water partition coefficient (Wildman–Crippen LogP) is 3.90. The Morgan fingerprint density at radius 3 is 3.18 bits per heavy atom. The van der Waals surface area contributed by atoms with E-state index in [1.54, 1.807) is 16.6 Å². The molecule has 1 aliphatic rings. The van der Waals surface area contributed by atoms with Gasteiger partial charge in [0.25, 0.3) is 0 Å². The Morgan fingerprint density at radius 1 is 1.41 bits per heavy atom. The molecule has 3 rings (SSSR count). The van der Waals surface area contributed by atoms with Crippen LogP contribution in [0.2, 0.25) is 5.02 Å². The molecule has 0 radical (unpaired) electrons. The smallest absolute Gasteiger partial charge is 0.145 e. The number of fused-ring (bicyclic) bond motifs is 1. The number of halogens is 1. The van der Waals surface area contributed by atoms with E-state index in [4.69, 9.17) is 11.6 Å². The molecule has 0 saturated heterocycles. The molecule has 1 aliphatic carbocycles. The molecule has 88 valence electrons. The van der Waals surface area contributed by atoms with Gasteiger partial charge in [-0.1, -0.05) is 11.6 Å². The molecular weight excluding hydrogens is 252 g/mol. The summed E-state index contributed by atoms with van der Waals surface area (Å²) in [6.45, 7) is 0.814. The summed E-state index contributed by atoms with van der Waals surface area (Å²) in [7, 11) is 0. The van der Waals surface area contributed by atoms with E-state index in [9.17, 15) is 0 Å². The largest absolute Gasteiger partial charge is 0.364 e. The molecule has 0 unspecified atom stereocenters. The van der Waals surface area contributed by atoms with Gasteiger partial charge in [-0.25, -0.2) is 4.98 Å². The Labute approximate surface area is 110 Å². The van der Waals surface area contributed by atoms with E-state index in [1.807, 2.05) is 23.5 Å². The normalized spacial score (nSPS) is 13.7. The Bertz CT molecular complexity index is 514. The minimum atomic E-state index is 0.677. The van der Waals surface area contributed by atoms with Crippen LogP contribution in [0.3, 0.4) is 0 Å². The van der Waals surface area contributed by atoms with Crippen LogP contribution in [0.25, 0.3) is 0 Å². The fourth-order valence-electron chi connectivity index (χ4n) is 2.16. The van der Waals surface area contributed by atoms with Crippen LogP contribution in [0.1, 0.15) is 21.7 Å². The summed E-state index contributed by atoms with van der Waals surface area (Å²) >= 11 is 7.96. The van der Waals surface area contributed by atoms with Gasteiger partial charge in [-0.05, 0) is 43.0 Å². The molecule has 0 bridgehead atoms. The number of nitrogens with one attached hydrogen (secondary N) is 1. The van der Waals surface area contributed by atoms with Gasteiger partial charge < -0.3 is 5.32 Å². The fourth-order valence-corrected chi connectivity index (χ4v) is 3.55. The van der Waals surface area contributed by atoms with Crippen molar-refractivity contribution in [3.05, 3.63) is 44.7 Å². The number of hydrogen-bond acceptors (Lipinski definition) is 3. The summed E-state index contributed by atoms with van der Waals surface area (Å²) in [6.07, 6.45) is 5.57. The van der Waals surface area contributed by atoms with Gasteiger partial charge in [0.15, 0.2) is 0 Å². The molecule has 4 heteroatoms. The van der Waals surface area contributed by atoms with Crippen molar-refractivity contribution in [2.24, 2.45) is 0 Å². The summed E-state index contributed by atoms with van der Waals surface area (Å²) in [5, 5.41) is 3.96. The Hall–Kier alpha value is -1.06. The van der Waals surface area contributed by atoms with E-state index < -0.39 is 0 Å². The van der Waals surface area contributed by atoms with Crippen molar-refractivity contribution in [2.75, 3.05) is 5.32 Å². The van der Waals surface area contributed by atoms with E-state index >= 15 is 0 Å². The predicted molar refractivity (Wildman–Crippen MR) is 72.9 cm³/mol. The number of nitrogens with zero attached hydrogens (tertiary/aromatic N) is 1. The molecule has 2 heterocycles. The highest BCUT2D eigenvalue weighted by molar-refractivity contribution is 7.12. The van der Waals surface area contributed by atoms with Gasteiger partial charge in [0, 0.05) is 16.0 Å². The molecule has 0 aromatic carbocycles. The molecule has 2 aromatic rings. The summed E-state index contributed by atoms with van der Waals surface area (Å²) in [5.41, 5.74) is 1.54. The zero-order chi connectivity index (χ0) is 11.7. The summed E-state index contributed by atoms with van der Waals surface area (Å²) in [6, 6.07) is 6.01. The number of thiophene rings is 1. The van der Waals surface area contributed by atoms with Gasteiger partial charge in [0.2, 0.25) is 0 Å². The van der Waals surface area contributed by atoms with Gasteiger partial charge in [-0.15, -0.1) is 11.3 Å². The summed E-state index contributed by atoms with van der Waals surface area (Å²) in [4.78, 5) is 7.15. The molecule has 17 heavy (non-hydrogen) atoms. The average molecular weight is 265 g/mol. The van der Waals surface area contributed by atoms with E-state index in [0.717, 1.165) is 12.4 Å². The second kappa shape index (κ2) is 4.67. The second-order valence-corrected chi connectivity index (χ2v) is 5.83. The van der Waals surface area contributed by atoms with Crippen LogP contribution in [-0.4, -0.2) is 4.98 Å².